The molecule has 3 rings (SSSR count). The molecule has 0 fully saturated rings. The number of rotatable bonds is 4. The van der Waals surface area contributed by atoms with Gasteiger partial charge < -0.3 is 5.32 Å². The minimum absolute atomic E-state index is 0.945. The molecule has 1 aliphatic carbocycles. The molecule has 0 atom stereocenters. The van der Waals surface area contributed by atoms with Crippen molar-refractivity contribution in [3.8, 4) is 0 Å². The molecule has 4 heteroatoms. The zero-order valence-corrected chi connectivity index (χ0v) is 10.5. The van der Waals surface area contributed by atoms with E-state index in [0.29, 0.717) is 0 Å². The Bertz CT molecular complexity index is 493. The molecule has 0 saturated carbocycles. The summed E-state index contributed by atoms with van der Waals surface area (Å²) in [4.78, 5) is 8.68. The van der Waals surface area contributed by atoms with Crippen LogP contribution in [0.25, 0.3) is 0 Å². The first-order valence-corrected chi connectivity index (χ1v) is 6.95. The standard InChI is InChI=1S/C13H15N3S/c1-2-11-12(3-1)15-9-16-13(11)14-6-4-10-5-7-17-8-10/h5,7-9H,1-4,6H2,(H,14,15,16). The summed E-state index contributed by atoms with van der Waals surface area (Å²) >= 11 is 1.75. The molecule has 0 bridgehead atoms. The fourth-order valence-corrected chi connectivity index (χ4v) is 2.98. The Hall–Kier alpha value is -1.42. The zero-order chi connectivity index (χ0) is 11.5. The van der Waals surface area contributed by atoms with Crippen LogP contribution in [-0.2, 0) is 19.3 Å². The highest BCUT2D eigenvalue weighted by molar-refractivity contribution is 7.07. The number of anilines is 1. The first-order valence-electron chi connectivity index (χ1n) is 6.01. The monoisotopic (exact) mass is 245 g/mol. The third-order valence-electron chi connectivity index (χ3n) is 3.16. The predicted molar refractivity (Wildman–Crippen MR) is 70.6 cm³/mol. The predicted octanol–water partition coefficient (Wildman–Crippen LogP) is 2.68. The van der Waals surface area contributed by atoms with Crippen molar-refractivity contribution in [2.24, 2.45) is 0 Å². The van der Waals surface area contributed by atoms with Gasteiger partial charge in [-0.1, -0.05) is 0 Å². The highest BCUT2D eigenvalue weighted by Crippen LogP contribution is 2.24. The maximum Gasteiger partial charge on any atom is 0.132 e. The zero-order valence-electron chi connectivity index (χ0n) is 9.65. The van der Waals surface area contributed by atoms with E-state index in [1.807, 2.05) is 0 Å². The van der Waals surface area contributed by atoms with Crippen LogP contribution in [0.3, 0.4) is 0 Å². The summed E-state index contributed by atoms with van der Waals surface area (Å²) in [6.07, 6.45) is 6.18. The number of nitrogens with one attached hydrogen (secondary N) is 1. The Morgan fingerprint density at radius 3 is 3.18 bits per heavy atom. The van der Waals surface area contributed by atoms with Gasteiger partial charge in [-0.15, -0.1) is 0 Å². The van der Waals surface area contributed by atoms with Crippen molar-refractivity contribution in [2.45, 2.75) is 25.7 Å². The van der Waals surface area contributed by atoms with Crippen LogP contribution in [0.15, 0.2) is 23.2 Å². The number of thiophene rings is 1. The molecule has 0 amide bonds. The summed E-state index contributed by atoms with van der Waals surface area (Å²) in [5.74, 6) is 1.04. The van der Waals surface area contributed by atoms with Gasteiger partial charge in [-0.05, 0) is 48.1 Å². The van der Waals surface area contributed by atoms with E-state index in [-0.39, 0.29) is 0 Å². The minimum Gasteiger partial charge on any atom is -0.369 e. The third kappa shape index (κ3) is 2.31. The molecule has 0 spiro atoms. The van der Waals surface area contributed by atoms with Crippen LogP contribution in [0.4, 0.5) is 5.82 Å². The second-order valence-electron chi connectivity index (χ2n) is 4.31. The fourth-order valence-electron chi connectivity index (χ4n) is 2.27. The first kappa shape index (κ1) is 10.7. The van der Waals surface area contributed by atoms with Crippen LogP contribution >= 0.6 is 11.3 Å². The molecule has 17 heavy (non-hydrogen) atoms. The van der Waals surface area contributed by atoms with Gasteiger partial charge in [0, 0.05) is 17.8 Å². The lowest BCUT2D eigenvalue weighted by Crippen LogP contribution is -2.08. The van der Waals surface area contributed by atoms with E-state index in [1.54, 1.807) is 17.7 Å². The SMILES string of the molecule is c1nc2c(c(NCCc3ccsc3)n1)CCC2. The number of aryl methyl sites for hydroxylation is 1. The summed E-state index contributed by atoms with van der Waals surface area (Å²) in [6, 6.07) is 2.18. The first-order chi connectivity index (χ1) is 8.43. The van der Waals surface area contributed by atoms with Gasteiger partial charge in [-0.25, -0.2) is 9.97 Å². The van der Waals surface area contributed by atoms with Gasteiger partial charge in [-0.2, -0.15) is 11.3 Å². The van der Waals surface area contributed by atoms with Crippen LogP contribution in [0.5, 0.6) is 0 Å². The number of hydrogen-bond donors (Lipinski definition) is 1. The van der Waals surface area contributed by atoms with Gasteiger partial charge in [0.15, 0.2) is 0 Å². The van der Waals surface area contributed by atoms with Crippen molar-refractivity contribution < 1.29 is 0 Å². The molecule has 1 N–H and O–H groups in total. The lowest BCUT2D eigenvalue weighted by Gasteiger charge is -2.08. The Labute approximate surface area is 105 Å². The lowest BCUT2D eigenvalue weighted by molar-refractivity contribution is 0.899. The number of nitrogens with zero attached hydrogens (tertiary/aromatic N) is 2. The van der Waals surface area contributed by atoms with Crippen LogP contribution < -0.4 is 5.32 Å². The normalized spacial score (nSPS) is 13.6. The summed E-state index contributed by atoms with van der Waals surface area (Å²) in [7, 11) is 0. The summed E-state index contributed by atoms with van der Waals surface area (Å²) in [6.45, 7) is 0.945. The number of hydrogen-bond acceptors (Lipinski definition) is 4. The van der Waals surface area contributed by atoms with Crippen LogP contribution in [0.1, 0.15) is 23.2 Å². The number of fused-ring (bicyclic) bond motifs is 1. The number of aromatic nitrogens is 2. The van der Waals surface area contributed by atoms with Crippen LogP contribution in [0, 0.1) is 0 Å². The van der Waals surface area contributed by atoms with Crippen molar-refractivity contribution in [3.05, 3.63) is 40.0 Å². The summed E-state index contributed by atoms with van der Waals surface area (Å²) in [5, 5.41) is 7.76. The van der Waals surface area contributed by atoms with Gasteiger partial charge in [0.25, 0.3) is 0 Å². The third-order valence-corrected chi connectivity index (χ3v) is 3.89. The molecule has 0 saturated heterocycles. The topological polar surface area (TPSA) is 37.8 Å². The Morgan fingerprint density at radius 2 is 2.29 bits per heavy atom. The smallest absolute Gasteiger partial charge is 0.132 e. The molecule has 3 nitrogen and oxygen atoms in total. The Balaban J connectivity index is 1.64. The highest BCUT2D eigenvalue weighted by Gasteiger charge is 2.16. The van der Waals surface area contributed by atoms with E-state index < -0.39 is 0 Å². The van der Waals surface area contributed by atoms with E-state index >= 15 is 0 Å². The Kier molecular flexibility index (Phi) is 3.05. The van der Waals surface area contributed by atoms with Crippen molar-refractivity contribution in [1.29, 1.82) is 0 Å². The van der Waals surface area contributed by atoms with Gasteiger partial charge in [0.05, 0.1) is 0 Å². The van der Waals surface area contributed by atoms with E-state index in [1.165, 1.54) is 23.2 Å². The van der Waals surface area contributed by atoms with Crippen molar-refractivity contribution in [3.63, 3.8) is 0 Å². The van der Waals surface area contributed by atoms with Crippen LogP contribution in [-0.4, -0.2) is 16.5 Å². The average molecular weight is 245 g/mol. The van der Waals surface area contributed by atoms with Crippen molar-refractivity contribution >= 4 is 17.2 Å². The molecule has 0 aromatic carbocycles. The largest absolute Gasteiger partial charge is 0.369 e. The Morgan fingerprint density at radius 1 is 1.29 bits per heavy atom. The molecule has 2 aromatic rings. The molecule has 2 aromatic heterocycles. The maximum absolute atomic E-state index is 4.35. The second-order valence-corrected chi connectivity index (χ2v) is 5.09. The second kappa shape index (κ2) is 4.84. The van der Waals surface area contributed by atoms with Crippen LogP contribution in [0.2, 0.25) is 0 Å². The average Bonchev–Trinajstić information content (AvgIpc) is 2.99. The van der Waals surface area contributed by atoms with E-state index in [9.17, 15) is 0 Å². The molecular weight excluding hydrogens is 230 g/mol. The summed E-state index contributed by atoms with van der Waals surface area (Å²) < 4.78 is 0. The molecule has 0 unspecified atom stereocenters. The van der Waals surface area contributed by atoms with E-state index in [4.69, 9.17) is 0 Å². The van der Waals surface area contributed by atoms with Crippen molar-refractivity contribution in [1.82, 2.24) is 9.97 Å². The van der Waals surface area contributed by atoms with Gasteiger partial charge in [0.2, 0.25) is 0 Å². The molecule has 2 heterocycles. The lowest BCUT2D eigenvalue weighted by atomic mass is 10.2. The quantitative estimate of drug-likeness (QED) is 0.900. The highest BCUT2D eigenvalue weighted by atomic mass is 32.1. The maximum atomic E-state index is 4.35. The molecule has 0 aliphatic heterocycles. The van der Waals surface area contributed by atoms with Crippen molar-refractivity contribution in [2.75, 3.05) is 11.9 Å². The van der Waals surface area contributed by atoms with E-state index in [2.05, 4.69) is 32.1 Å². The van der Waals surface area contributed by atoms with Gasteiger partial charge in [-0.3, -0.25) is 0 Å². The summed E-state index contributed by atoms with van der Waals surface area (Å²) in [5.41, 5.74) is 3.96. The van der Waals surface area contributed by atoms with E-state index in [0.717, 1.165) is 31.6 Å². The fraction of sp³-hybridized carbons (Fsp3) is 0.385. The van der Waals surface area contributed by atoms with Gasteiger partial charge in [0.1, 0.15) is 12.1 Å². The molecule has 1 aliphatic rings. The molecular formula is C13H15N3S. The van der Waals surface area contributed by atoms with Gasteiger partial charge >= 0.3 is 0 Å². The minimum atomic E-state index is 0.945. The molecule has 0 radical (unpaired) electrons. The molecule has 88 valence electrons.